The summed E-state index contributed by atoms with van der Waals surface area (Å²) in [5.41, 5.74) is 7.56. The van der Waals surface area contributed by atoms with Crippen molar-refractivity contribution >= 4 is 15.9 Å². The van der Waals surface area contributed by atoms with Gasteiger partial charge in [0.25, 0.3) is 0 Å². The highest BCUT2D eigenvalue weighted by atomic mass is 32.2. The van der Waals surface area contributed by atoms with Crippen molar-refractivity contribution in [2.24, 2.45) is 11.7 Å². The molecule has 0 aliphatic rings. The van der Waals surface area contributed by atoms with Gasteiger partial charge < -0.3 is 5.73 Å². The maximum absolute atomic E-state index is 12.5. The Kier molecular flexibility index (Phi) is 5.98. The molecule has 0 saturated carbocycles. The van der Waals surface area contributed by atoms with Crippen LogP contribution in [-0.4, -0.2) is 14.3 Å². The first-order valence-corrected chi connectivity index (χ1v) is 9.68. The third kappa shape index (κ3) is 5.14. The van der Waals surface area contributed by atoms with Gasteiger partial charge in [-0.05, 0) is 54.7 Å². The first kappa shape index (κ1) is 19.1. The molecule has 0 heterocycles. The summed E-state index contributed by atoms with van der Waals surface area (Å²) in [6.07, 6.45) is 0.993. The largest absolute Gasteiger partial charge is 0.366 e. The summed E-state index contributed by atoms with van der Waals surface area (Å²) < 4.78 is 27.6. The zero-order chi connectivity index (χ0) is 18.6. The van der Waals surface area contributed by atoms with Gasteiger partial charge in [-0.15, -0.1) is 0 Å². The third-order valence-corrected chi connectivity index (χ3v) is 5.46. The number of carbonyl (C=O) groups is 1. The molecule has 2 aromatic rings. The highest BCUT2D eigenvalue weighted by Crippen LogP contribution is 2.19. The van der Waals surface area contributed by atoms with Gasteiger partial charge in [0.15, 0.2) is 0 Å². The Morgan fingerprint density at radius 1 is 1.00 bits per heavy atom. The molecule has 2 rings (SSSR count). The zero-order valence-electron chi connectivity index (χ0n) is 14.7. The van der Waals surface area contributed by atoms with Crippen LogP contribution in [0.1, 0.15) is 48.3 Å². The monoisotopic (exact) mass is 360 g/mol. The van der Waals surface area contributed by atoms with E-state index in [-0.39, 0.29) is 16.5 Å². The van der Waals surface area contributed by atoms with Crippen LogP contribution in [0, 0.1) is 5.92 Å². The van der Waals surface area contributed by atoms with Gasteiger partial charge in [0.05, 0.1) is 4.90 Å². The molecule has 6 heteroatoms. The highest BCUT2D eigenvalue weighted by molar-refractivity contribution is 7.89. The minimum atomic E-state index is -3.68. The average molecular weight is 360 g/mol. The Hall–Kier alpha value is -2.18. The number of hydrogen-bond acceptors (Lipinski definition) is 3. The van der Waals surface area contributed by atoms with E-state index < -0.39 is 15.9 Å². The standard InChI is InChI=1S/C19H24N2O3S/c1-13(2)12-15-4-6-16(7-5-15)14(3)21-25(23,24)18-10-8-17(9-11-18)19(20)22/h4-11,13-14,21H,12H2,1-3H3,(H2,20,22). The molecule has 5 nitrogen and oxygen atoms in total. The number of nitrogens with two attached hydrogens (primary N) is 1. The van der Waals surface area contributed by atoms with Crippen LogP contribution in [0.2, 0.25) is 0 Å². The van der Waals surface area contributed by atoms with E-state index in [0.717, 1.165) is 12.0 Å². The Labute approximate surface area is 149 Å². The zero-order valence-corrected chi connectivity index (χ0v) is 15.5. The van der Waals surface area contributed by atoms with Crippen LogP contribution in [0.5, 0.6) is 0 Å². The Balaban J connectivity index is 2.12. The lowest BCUT2D eigenvalue weighted by molar-refractivity contribution is 0.1000. The molecule has 0 bridgehead atoms. The van der Waals surface area contributed by atoms with Crippen LogP contribution in [0.4, 0.5) is 0 Å². The molecule has 1 amide bonds. The summed E-state index contributed by atoms with van der Waals surface area (Å²) >= 11 is 0. The fourth-order valence-electron chi connectivity index (χ4n) is 2.58. The molecule has 0 aliphatic heterocycles. The van der Waals surface area contributed by atoms with E-state index in [0.29, 0.717) is 5.92 Å². The Bertz CT molecular complexity index is 826. The van der Waals surface area contributed by atoms with Crippen molar-refractivity contribution in [1.82, 2.24) is 4.72 Å². The predicted molar refractivity (Wildman–Crippen MR) is 98.7 cm³/mol. The first-order chi connectivity index (χ1) is 11.7. The molecular formula is C19H24N2O3S. The van der Waals surface area contributed by atoms with Crippen LogP contribution in [0.3, 0.4) is 0 Å². The summed E-state index contributed by atoms with van der Waals surface area (Å²) in [5, 5.41) is 0. The second-order valence-corrected chi connectivity index (χ2v) is 8.29. The molecular weight excluding hydrogens is 336 g/mol. The third-order valence-electron chi connectivity index (χ3n) is 3.90. The number of amides is 1. The molecule has 0 saturated heterocycles. The van der Waals surface area contributed by atoms with E-state index in [1.165, 1.54) is 29.8 Å². The van der Waals surface area contributed by atoms with Crippen molar-refractivity contribution in [3.05, 3.63) is 65.2 Å². The second-order valence-electron chi connectivity index (χ2n) is 6.57. The quantitative estimate of drug-likeness (QED) is 0.795. The number of carbonyl (C=O) groups excluding carboxylic acids is 1. The molecule has 3 N–H and O–H groups in total. The molecule has 134 valence electrons. The van der Waals surface area contributed by atoms with E-state index in [2.05, 4.69) is 18.6 Å². The number of sulfonamides is 1. The maximum Gasteiger partial charge on any atom is 0.248 e. The van der Waals surface area contributed by atoms with Gasteiger partial charge in [0.2, 0.25) is 15.9 Å². The molecule has 2 aromatic carbocycles. The average Bonchev–Trinajstić information content (AvgIpc) is 2.54. The smallest absolute Gasteiger partial charge is 0.248 e. The summed E-state index contributed by atoms with van der Waals surface area (Å²) in [6, 6.07) is 13.1. The number of nitrogens with one attached hydrogen (secondary N) is 1. The normalized spacial score (nSPS) is 13.0. The van der Waals surface area contributed by atoms with Crippen molar-refractivity contribution in [3.63, 3.8) is 0 Å². The van der Waals surface area contributed by atoms with Gasteiger partial charge in [-0.2, -0.15) is 0 Å². The van der Waals surface area contributed by atoms with Crippen LogP contribution < -0.4 is 10.5 Å². The van der Waals surface area contributed by atoms with Gasteiger partial charge in [-0.1, -0.05) is 38.1 Å². The first-order valence-electron chi connectivity index (χ1n) is 8.20. The van der Waals surface area contributed by atoms with Crippen molar-refractivity contribution in [2.75, 3.05) is 0 Å². The number of rotatable bonds is 7. The van der Waals surface area contributed by atoms with Crippen molar-refractivity contribution in [1.29, 1.82) is 0 Å². The van der Waals surface area contributed by atoms with Crippen LogP contribution in [-0.2, 0) is 16.4 Å². The summed E-state index contributed by atoms with van der Waals surface area (Å²) in [6.45, 7) is 6.12. The van der Waals surface area contributed by atoms with Crippen molar-refractivity contribution < 1.29 is 13.2 Å². The molecule has 0 fully saturated rings. The Morgan fingerprint density at radius 3 is 2.04 bits per heavy atom. The van der Waals surface area contributed by atoms with E-state index in [1.807, 2.05) is 24.3 Å². The van der Waals surface area contributed by atoms with Gasteiger partial charge >= 0.3 is 0 Å². The SMILES string of the molecule is CC(C)Cc1ccc(C(C)NS(=O)(=O)c2ccc(C(N)=O)cc2)cc1. The van der Waals surface area contributed by atoms with Crippen LogP contribution in [0.15, 0.2) is 53.4 Å². The van der Waals surface area contributed by atoms with Gasteiger partial charge in [0.1, 0.15) is 0 Å². The molecule has 0 aromatic heterocycles. The molecule has 1 atom stereocenters. The van der Waals surface area contributed by atoms with Crippen molar-refractivity contribution in [2.45, 2.75) is 38.1 Å². The lowest BCUT2D eigenvalue weighted by Crippen LogP contribution is -2.27. The van der Waals surface area contributed by atoms with E-state index in [9.17, 15) is 13.2 Å². The predicted octanol–water partition coefficient (Wildman–Crippen LogP) is 3.02. The lowest BCUT2D eigenvalue weighted by atomic mass is 10.0. The number of primary amides is 1. The van der Waals surface area contributed by atoms with Gasteiger partial charge in [-0.3, -0.25) is 4.79 Å². The minimum Gasteiger partial charge on any atom is -0.366 e. The van der Waals surface area contributed by atoms with E-state index >= 15 is 0 Å². The molecule has 25 heavy (non-hydrogen) atoms. The van der Waals surface area contributed by atoms with Gasteiger partial charge in [0, 0.05) is 11.6 Å². The van der Waals surface area contributed by atoms with E-state index in [1.54, 1.807) is 6.92 Å². The molecule has 1 unspecified atom stereocenters. The fourth-order valence-corrected chi connectivity index (χ4v) is 3.81. The molecule has 0 spiro atoms. The summed E-state index contributed by atoms with van der Waals surface area (Å²) in [7, 11) is -3.68. The molecule has 0 aliphatic carbocycles. The van der Waals surface area contributed by atoms with E-state index in [4.69, 9.17) is 5.73 Å². The number of benzene rings is 2. The highest BCUT2D eigenvalue weighted by Gasteiger charge is 2.18. The fraction of sp³-hybridized carbons (Fsp3) is 0.316. The lowest BCUT2D eigenvalue weighted by Gasteiger charge is -2.15. The summed E-state index contributed by atoms with van der Waals surface area (Å²) in [4.78, 5) is 11.2. The second kappa shape index (κ2) is 7.80. The minimum absolute atomic E-state index is 0.0979. The Morgan fingerprint density at radius 2 is 1.56 bits per heavy atom. The molecule has 0 radical (unpaired) electrons. The number of hydrogen-bond donors (Lipinski definition) is 2. The summed E-state index contributed by atoms with van der Waals surface area (Å²) in [5.74, 6) is -0.0167. The van der Waals surface area contributed by atoms with Crippen molar-refractivity contribution in [3.8, 4) is 0 Å². The van der Waals surface area contributed by atoms with Crippen LogP contribution >= 0.6 is 0 Å². The topological polar surface area (TPSA) is 89.3 Å². The maximum atomic E-state index is 12.5. The van der Waals surface area contributed by atoms with Gasteiger partial charge in [-0.25, -0.2) is 13.1 Å². The van der Waals surface area contributed by atoms with Crippen LogP contribution in [0.25, 0.3) is 0 Å².